The Bertz CT molecular complexity index is 1730. The molecule has 196 valence electrons. The van der Waals surface area contributed by atoms with Gasteiger partial charge in [-0.3, -0.25) is 4.57 Å². The normalized spacial score (nSPS) is 11.8. The minimum atomic E-state index is -4.83. The van der Waals surface area contributed by atoms with Gasteiger partial charge in [-0.05, 0) is 54.1 Å². The predicted octanol–water partition coefficient (Wildman–Crippen LogP) is 7.72. The molecule has 4 aromatic carbocycles. The first-order valence-corrected chi connectivity index (χ1v) is 11.4. The first-order valence-electron chi connectivity index (χ1n) is 11.4. The Morgan fingerprint density at radius 2 is 1.56 bits per heavy atom. The van der Waals surface area contributed by atoms with Gasteiger partial charge in [-0.25, -0.2) is 4.79 Å². The number of fused-ring (bicyclic) bond motifs is 1. The van der Waals surface area contributed by atoms with Gasteiger partial charge < -0.3 is 20.1 Å². The highest BCUT2D eigenvalue weighted by Crippen LogP contribution is 2.43. The van der Waals surface area contributed by atoms with Gasteiger partial charge in [0, 0.05) is 16.6 Å². The van der Waals surface area contributed by atoms with Crippen LogP contribution in [0.25, 0.3) is 27.7 Å². The van der Waals surface area contributed by atoms with E-state index in [4.69, 9.17) is 0 Å². The van der Waals surface area contributed by atoms with Gasteiger partial charge in [-0.15, -0.1) is 23.4 Å². The number of aromatic carboxylic acids is 1. The molecule has 0 amide bonds. The van der Waals surface area contributed by atoms with Crippen LogP contribution in [-0.4, -0.2) is 32.2 Å². The largest absolute Gasteiger partial charge is 0.573 e. The number of phenolic OH excluding ortho intramolecular Hbond substituents is 1. The highest BCUT2D eigenvalue weighted by atomic mass is 19.4. The van der Waals surface area contributed by atoms with Gasteiger partial charge in [0.1, 0.15) is 11.4 Å². The first kappa shape index (κ1) is 25.3. The monoisotopic (exact) mass is 533 g/mol. The zero-order chi connectivity index (χ0) is 27.7. The molecule has 0 unspecified atom stereocenters. The third kappa shape index (κ3) is 5.10. The number of carboxylic acid groups (broad SMARTS) is 1. The Labute approximate surface area is 218 Å². The maximum atomic E-state index is 12.5. The Morgan fingerprint density at radius 1 is 0.846 bits per heavy atom. The Balaban J connectivity index is 1.54. The number of phenols is 1. The second-order valence-corrected chi connectivity index (χ2v) is 8.33. The van der Waals surface area contributed by atoms with Crippen LogP contribution in [0.1, 0.15) is 10.4 Å². The number of carboxylic acids is 1. The molecule has 3 N–H and O–H groups in total. The molecule has 0 aliphatic carbocycles. The number of nitrogens with zero attached hydrogens (tertiary/aromatic N) is 3. The molecular weight excluding hydrogens is 515 g/mol. The number of halogens is 3. The summed E-state index contributed by atoms with van der Waals surface area (Å²) < 4.78 is 42.9. The standard InChI is InChI=1S/C28H18F3N3O5/c29-28(30,31)39-19-13-11-18(12-14-19)34-23-10-2-1-7-21(23)24(26(34)36)33-32-22-9-4-8-20(25(22)35)16-5-3-6-17(15-16)27(37)38/h1-15,35-36H,(H,37,38). The highest BCUT2D eigenvalue weighted by molar-refractivity contribution is 5.96. The van der Waals surface area contributed by atoms with Crippen molar-refractivity contribution in [3.63, 3.8) is 0 Å². The molecule has 5 rings (SSSR count). The SMILES string of the molecule is O=C(O)c1cccc(-c2cccc(N=Nc3c(O)n(-c4ccc(OC(F)(F)F)cc4)c4ccccc34)c2O)c1. The highest BCUT2D eigenvalue weighted by Gasteiger charge is 2.31. The van der Waals surface area contributed by atoms with Crippen LogP contribution in [-0.2, 0) is 0 Å². The topological polar surface area (TPSA) is 117 Å². The van der Waals surface area contributed by atoms with E-state index in [1.165, 1.54) is 34.9 Å². The lowest BCUT2D eigenvalue weighted by atomic mass is 10.0. The number of benzene rings is 4. The summed E-state index contributed by atoms with van der Waals surface area (Å²) in [6.07, 6.45) is -4.83. The summed E-state index contributed by atoms with van der Waals surface area (Å²) in [6.45, 7) is 0. The molecule has 0 spiro atoms. The second-order valence-electron chi connectivity index (χ2n) is 8.33. The Hall–Kier alpha value is -5.32. The van der Waals surface area contributed by atoms with Crippen LogP contribution < -0.4 is 4.74 Å². The van der Waals surface area contributed by atoms with Crippen molar-refractivity contribution in [2.75, 3.05) is 0 Å². The maximum absolute atomic E-state index is 12.5. The number of hydrogen-bond acceptors (Lipinski definition) is 6. The number of alkyl halides is 3. The maximum Gasteiger partial charge on any atom is 0.573 e. The Morgan fingerprint density at radius 3 is 2.28 bits per heavy atom. The summed E-state index contributed by atoms with van der Waals surface area (Å²) in [5.41, 5.74) is 1.84. The van der Waals surface area contributed by atoms with E-state index in [0.717, 1.165) is 12.1 Å². The van der Waals surface area contributed by atoms with Gasteiger partial charge in [0.2, 0.25) is 5.88 Å². The minimum Gasteiger partial charge on any atom is -0.505 e. The summed E-state index contributed by atoms with van der Waals surface area (Å²) >= 11 is 0. The average Bonchev–Trinajstić information content (AvgIpc) is 3.18. The molecule has 0 saturated carbocycles. The molecule has 0 fully saturated rings. The first-order chi connectivity index (χ1) is 18.6. The third-order valence-electron chi connectivity index (χ3n) is 5.85. The van der Waals surface area contributed by atoms with E-state index >= 15 is 0 Å². The smallest absolute Gasteiger partial charge is 0.505 e. The molecule has 1 heterocycles. The van der Waals surface area contributed by atoms with E-state index in [0.29, 0.717) is 27.7 Å². The number of aromatic nitrogens is 1. The summed E-state index contributed by atoms with van der Waals surface area (Å²) in [6, 6.07) is 22.6. The van der Waals surface area contributed by atoms with Crippen molar-refractivity contribution in [2.24, 2.45) is 10.2 Å². The van der Waals surface area contributed by atoms with Crippen molar-refractivity contribution >= 4 is 28.2 Å². The molecule has 39 heavy (non-hydrogen) atoms. The molecule has 0 atom stereocenters. The number of hydrogen-bond donors (Lipinski definition) is 3. The number of azo groups is 1. The van der Waals surface area contributed by atoms with Crippen LogP contribution >= 0.6 is 0 Å². The van der Waals surface area contributed by atoms with E-state index in [2.05, 4.69) is 15.0 Å². The van der Waals surface area contributed by atoms with Crippen molar-refractivity contribution in [1.29, 1.82) is 0 Å². The molecule has 11 heteroatoms. The van der Waals surface area contributed by atoms with Gasteiger partial charge >= 0.3 is 12.3 Å². The van der Waals surface area contributed by atoms with E-state index in [1.54, 1.807) is 48.5 Å². The second kappa shape index (κ2) is 9.86. The van der Waals surface area contributed by atoms with Crippen molar-refractivity contribution in [3.8, 4) is 34.2 Å². The van der Waals surface area contributed by atoms with Crippen molar-refractivity contribution in [2.45, 2.75) is 6.36 Å². The number of aromatic hydroxyl groups is 2. The zero-order valence-electron chi connectivity index (χ0n) is 19.8. The van der Waals surface area contributed by atoms with Gasteiger partial charge in [0.25, 0.3) is 0 Å². The van der Waals surface area contributed by atoms with Crippen LogP contribution in [0.4, 0.5) is 24.5 Å². The van der Waals surface area contributed by atoms with E-state index in [-0.39, 0.29) is 28.6 Å². The predicted molar refractivity (Wildman–Crippen MR) is 136 cm³/mol. The van der Waals surface area contributed by atoms with E-state index in [1.807, 2.05) is 0 Å². The lowest BCUT2D eigenvalue weighted by Gasteiger charge is -2.11. The molecular formula is C28H18F3N3O5. The van der Waals surface area contributed by atoms with Gasteiger partial charge in [-0.1, -0.05) is 42.5 Å². The fourth-order valence-electron chi connectivity index (χ4n) is 4.13. The van der Waals surface area contributed by atoms with E-state index < -0.39 is 18.1 Å². The number of rotatable bonds is 6. The molecule has 0 saturated heterocycles. The quantitative estimate of drug-likeness (QED) is 0.193. The number of ether oxygens (including phenoxy) is 1. The van der Waals surface area contributed by atoms with Crippen LogP contribution in [0.2, 0.25) is 0 Å². The molecule has 8 nitrogen and oxygen atoms in total. The average molecular weight is 533 g/mol. The van der Waals surface area contributed by atoms with Gasteiger partial charge in [0.15, 0.2) is 11.4 Å². The summed E-state index contributed by atoms with van der Waals surface area (Å²) in [5, 5.41) is 40.0. The lowest BCUT2D eigenvalue weighted by molar-refractivity contribution is -0.274. The minimum absolute atomic E-state index is 0.0506. The van der Waals surface area contributed by atoms with E-state index in [9.17, 15) is 33.3 Å². The molecule has 1 aromatic heterocycles. The van der Waals surface area contributed by atoms with Gasteiger partial charge in [-0.2, -0.15) is 0 Å². The summed E-state index contributed by atoms with van der Waals surface area (Å²) in [4.78, 5) is 11.3. The van der Waals surface area contributed by atoms with Crippen LogP contribution in [0.15, 0.2) is 101 Å². The van der Waals surface area contributed by atoms with Crippen LogP contribution in [0, 0.1) is 0 Å². The molecule has 0 radical (unpaired) electrons. The fraction of sp³-hybridized carbons (Fsp3) is 0.0357. The molecule has 0 aliphatic heterocycles. The fourth-order valence-corrected chi connectivity index (χ4v) is 4.13. The molecule has 0 bridgehead atoms. The van der Waals surface area contributed by atoms with Gasteiger partial charge in [0.05, 0.1) is 11.1 Å². The van der Waals surface area contributed by atoms with Crippen LogP contribution in [0.5, 0.6) is 17.4 Å². The summed E-state index contributed by atoms with van der Waals surface area (Å²) in [5.74, 6) is -2.09. The number of para-hydroxylation sites is 2. The zero-order valence-corrected chi connectivity index (χ0v) is 19.8. The van der Waals surface area contributed by atoms with Crippen molar-refractivity contribution < 1.29 is 38.0 Å². The van der Waals surface area contributed by atoms with Crippen LogP contribution in [0.3, 0.4) is 0 Å². The van der Waals surface area contributed by atoms with Crippen molar-refractivity contribution in [1.82, 2.24) is 4.57 Å². The Kier molecular flexibility index (Phi) is 6.40. The summed E-state index contributed by atoms with van der Waals surface area (Å²) in [7, 11) is 0. The van der Waals surface area contributed by atoms with Crippen molar-refractivity contribution in [3.05, 3.63) is 96.6 Å². The number of carbonyl (C=O) groups is 1. The third-order valence-corrected chi connectivity index (χ3v) is 5.85. The molecule has 0 aliphatic rings. The lowest BCUT2D eigenvalue weighted by Crippen LogP contribution is -2.17. The molecule has 5 aromatic rings.